The van der Waals surface area contributed by atoms with E-state index in [0.29, 0.717) is 29.3 Å². The highest BCUT2D eigenvalue weighted by Crippen LogP contribution is 2.35. The number of halogens is 8. The van der Waals surface area contributed by atoms with Crippen molar-refractivity contribution < 1.29 is 39.9 Å². The van der Waals surface area contributed by atoms with E-state index in [1.165, 1.54) is 42.5 Å². The van der Waals surface area contributed by atoms with E-state index in [1.54, 1.807) is 6.92 Å². The van der Waals surface area contributed by atoms with Gasteiger partial charge in [0.25, 0.3) is 0 Å². The minimum atomic E-state index is -3.89. The van der Waals surface area contributed by atoms with Crippen LogP contribution in [0.3, 0.4) is 0 Å². The van der Waals surface area contributed by atoms with Crippen LogP contribution in [0.5, 0.6) is 5.75 Å². The van der Waals surface area contributed by atoms with Crippen LogP contribution in [0.15, 0.2) is 96.8 Å². The zero-order valence-electron chi connectivity index (χ0n) is 20.1. The quantitative estimate of drug-likeness (QED) is 0.127. The van der Waals surface area contributed by atoms with Gasteiger partial charge in [-0.25, -0.2) is 26.3 Å². The molecular weight excluding hydrogens is 528 g/mol. The van der Waals surface area contributed by atoms with Gasteiger partial charge in [-0.1, -0.05) is 42.5 Å². The molecule has 39 heavy (non-hydrogen) atoms. The molecule has 4 aromatic carbocycles. The monoisotopic (exact) mass is 546 g/mol. The summed E-state index contributed by atoms with van der Waals surface area (Å²) in [5.74, 6) is -8.52. The topological polar surface area (TPSA) is 9.23 Å². The second kappa shape index (κ2) is 11.1. The first-order chi connectivity index (χ1) is 18.5. The molecule has 0 radical (unpaired) electrons. The summed E-state index contributed by atoms with van der Waals surface area (Å²) < 4.78 is 117. The molecule has 0 fully saturated rings. The first kappa shape index (κ1) is 27.6. The van der Waals surface area contributed by atoms with Crippen LogP contribution in [0, 0.1) is 23.3 Å². The number of hydrogen-bond acceptors (Lipinski definition) is 1. The van der Waals surface area contributed by atoms with Crippen LogP contribution >= 0.6 is 0 Å². The van der Waals surface area contributed by atoms with Gasteiger partial charge < -0.3 is 4.74 Å². The van der Waals surface area contributed by atoms with Gasteiger partial charge in [0.15, 0.2) is 29.1 Å². The molecule has 0 heterocycles. The Morgan fingerprint density at radius 2 is 1.26 bits per heavy atom. The molecule has 0 saturated heterocycles. The van der Waals surface area contributed by atoms with Gasteiger partial charge in [-0.3, -0.25) is 0 Å². The average molecular weight is 546 g/mol. The van der Waals surface area contributed by atoms with E-state index in [4.69, 9.17) is 0 Å². The second-order valence-electron chi connectivity index (χ2n) is 8.33. The molecule has 0 aliphatic rings. The summed E-state index contributed by atoms with van der Waals surface area (Å²) in [6.45, 7) is 1.55. The maximum atomic E-state index is 14.8. The van der Waals surface area contributed by atoms with Crippen LogP contribution in [-0.2, 0) is 6.11 Å². The summed E-state index contributed by atoms with van der Waals surface area (Å²) in [5, 5.41) is 0. The van der Waals surface area contributed by atoms with Crippen LogP contribution in [-0.4, -0.2) is 0 Å². The molecule has 0 aromatic heterocycles. The van der Waals surface area contributed by atoms with Gasteiger partial charge in [-0.05, 0) is 66.1 Å². The van der Waals surface area contributed by atoms with E-state index in [0.717, 1.165) is 30.3 Å². The summed E-state index contributed by atoms with van der Waals surface area (Å²) in [6.07, 6.45) is -1.54. The first-order valence-corrected chi connectivity index (χ1v) is 11.4. The Labute approximate surface area is 218 Å². The van der Waals surface area contributed by atoms with Crippen molar-refractivity contribution >= 4 is 5.83 Å². The van der Waals surface area contributed by atoms with Gasteiger partial charge in [-0.2, -0.15) is 8.78 Å². The summed E-state index contributed by atoms with van der Waals surface area (Å²) in [7, 11) is 0. The standard InChI is InChI=1S/C30H18F8O/c1-2-3-24(31)28(35)19-6-4-17(5-7-19)18-8-10-21(11-9-18)30(37,38)39-22-12-13-23(25(32)16-22)20-14-26(33)29(36)27(34)15-20/h2-16H,1H3. The molecule has 0 saturated carbocycles. The molecule has 0 N–H and O–H groups in total. The molecular formula is C30H18F8O. The Morgan fingerprint density at radius 3 is 1.79 bits per heavy atom. The van der Waals surface area contributed by atoms with Gasteiger partial charge in [0.05, 0.1) is 5.56 Å². The second-order valence-corrected chi connectivity index (χ2v) is 8.33. The molecule has 4 rings (SSSR count). The normalized spacial score (nSPS) is 12.5. The fraction of sp³-hybridized carbons (Fsp3) is 0.0667. The fourth-order valence-electron chi connectivity index (χ4n) is 3.73. The van der Waals surface area contributed by atoms with Crippen molar-refractivity contribution in [2.45, 2.75) is 13.0 Å². The molecule has 1 nitrogen and oxygen atoms in total. The lowest BCUT2D eigenvalue weighted by molar-refractivity contribution is -0.185. The third kappa shape index (κ3) is 6.03. The largest absolute Gasteiger partial charge is 0.429 e. The lowest BCUT2D eigenvalue weighted by atomic mass is 10.0. The number of rotatable bonds is 7. The Bertz CT molecular complexity index is 1530. The maximum absolute atomic E-state index is 14.8. The van der Waals surface area contributed by atoms with E-state index < -0.39 is 52.3 Å². The third-order valence-corrected chi connectivity index (χ3v) is 5.70. The van der Waals surface area contributed by atoms with E-state index in [1.807, 2.05) is 0 Å². The van der Waals surface area contributed by atoms with Gasteiger partial charge in [0.1, 0.15) is 11.6 Å². The number of hydrogen-bond donors (Lipinski definition) is 0. The minimum Gasteiger partial charge on any atom is -0.429 e. The summed E-state index contributed by atoms with van der Waals surface area (Å²) in [5.41, 5.74) is -0.156. The summed E-state index contributed by atoms with van der Waals surface area (Å²) in [4.78, 5) is 0. The van der Waals surface area contributed by atoms with Crippen LogP contribution in [0.4, 0.5) is 35.1 Å². The van der Waals surface area contributed by atoms with Crippen molar-refractivity contribution in [3.05, 3.63) is 131 Å². The SMILES string of the molecule is CC=CC(F)=C(F)c1ccc(-c2ccc(C(F)(F)Oc3ccc(-c4cc(F)c(F)c(F)c4)c(F)c3)cc2)cc1. The lowest BCUT2D eigenvalue weighted by Gasteiger charge is -2.19. The molecule has 0 amide bonds. The Morgan fingerprint density at radius 1 is 0.692 bits per heavy atom. The Hall–Kier alpha value is -4.40. The Kier molecular flexibility index (Phi) is 7.90. The fourth-order valence-corrected chi connectivity index (χ4v) is 3.73. The predicted molar refractivity (Wildman–Crippen MR) is 132 cm³/mol. The maximum Gasteiger partial charge on any atom is 0.426 e. The van der Waals surface area contributed by atoms with Crippen molar-refractivity contribution in [1.82, 2.24) is 0 Å². The van der Waals surface area contributed by atoms with E-state index >= 15 is 0 Å². The van der Waals surface area contributed by atoms with E-state index in [9.17, 15) is 35.1 Å². The molecule has 0 unspecified atom stereocenters. The molecule has 4 aromatic rings. The van der Waals surface area contributed by atoms with Crippen molar-refractivity contribution in [3.8, 4) is 28.0 Å². The van der Waals surface area contributed by atoms with Crippen molar-refractivity contribution in [2.75, 3.05) is 0 Å². The van der Waals surface area contributed by atoms with Gasteiger partial charge in [0.2, 0.25) is 0 Å². The zero-order valence-corrected chi connectivity index (χ0v) is 20.1. The molecule has 0 aliphatic heterocycles. The number of ether oxygens (including phenoxy) is 1. The van der Waals surface area contributed by atoms with Crippen molar-refractivity contribution in [2.24, 2.45) is 0 Å². The highest BCUT2D eigenvalue weighted by molar-refractivity contribution is 5.69. The summed E-state index contributed by atoms with van der Waals surface area (Å²) in [6, 6.07) is 14.4. The lowest BCUT2D eigenvalue weighted by Crippen LogP contribution is -2.21. The highest BCUT2D eigenvalue weighted by Gasteiger charge is 2.34. The number of benzene rings is 4. The average Bonchev–Trinajstić information content (AvgIpc) is 2.91. The number of alkyl halides is 2. The summed E-state index contributed by atoms with van der Waals surface area (Å²) >= 11 is 0. The highest BCUT2D eigenvalue weighted by atomic mass is 19.3. The van der Waals surface area contributed by atoms with Crippen LogP contribution in [0.2, 0.25) is 0 Å². The minimum absolute atomic E-state index is 0.0128. The third-order valence-electron chi connectivity index (χ3n) is 5.70. The molecule has 200 valence electrons. The van der Waals surface area contributed by atoms with Crippen LogP contribution in [0.25, 0.3) is 28.1 Å². The van der Waals surface area contributed by atoms with E-state index in [-0.39, 0.29) is 16.7 Å². The van der Waals surface area contributed by atoms with Gasteiger partial charge in [-0.15, -0.1) is 0 Å². The smallest absolute Gasteiger partial charge is 0.426 e. The zero-order chi connectivity index (χ0) is 28.3. The molecule has 0 spiro atoms. The van der Waals surface area contributed by atoms with Gasteiger partial charge >= 0.3 is 6.11 Å². The molecule has 0 atom stereocenters. The Balaban J connectivity index is 1.51. The first-order valence-electron chi connectivity index (χ1n) is 11.4. The predicted octanol–water partition coefficient (Wildman–Crippen LogP) is 9.89. The van der Waals surface area contributed by atoms with Gasteiger partial charge in [0, 0.05) is 17.2 Å². The van der Waals surface area contributed by atoms with Crippen LogP contribution in [0.1, 0.15) is 18.1 Å². The molecule has 0 bridgehead atoms. The van der Waals surface area contributed by atoms with E-state index in [2.05, 4.69) is 4.74 Å². The molecule has 9 heteroatoms. The number of allylic oxidation sites excluding steroid dienone is 3. The van der Waals surface area contributed by atoms with Crippen molar-refractivity contribution in [1.29, 1.82) is 0 Å². The van der Waals surface area contributed by atoms with Crippen LogP contribution < -0.4 is 4.74 Å². The molecule has 0 aliphatic carbocycles. The van der Waals surface area contributed by atoms with Crippen molar-refractivity contribution in [3.63, 3.8) is 0 Å².